The molecule has 1 N–H and O–H groups in total. The Morgan fingerprint density at radius 1 is 1.17 bits per heavy atom. The number of hydrogen-bond donors (Lipinski definition) is 1. The van der Waals surface area contributed by atoms with Crippen LogP contribution in [0.2, 0.25) is 0 Å². The highest BCUT2D eigenvalue weighted by Crippen LogP contribution is 2.48. The van der Waals surface area contributed by atoms with Gasteiger partial charge in [0.15, 0.2) is 11.5 Å². The minimum atomic E-state index is -1.49. The van der Waals surface area contributed by atoms with Gasteiger partial charge < -0.3 is 14.6 Å². The molecule has 4 atom stereocenters. The first-order valence-electron chi connectivity index (χ1n) is 7.88. The van der Waals surface area contributed by atoms with Crippen molar-refractivity contribution in [1.29, 1.82) is 0 Å². The normalized spacial score (nSPS) is 31.8. The van der Waals surface area contributed by atoms with Crippen LogP contribution in [-0.4, -0.2) is 34.9 Å². The molecule has 1 aromatic carbocycles. The molecule has 1 heterocycles. The van der Waals surface area contributed by atoms with E-state index in [2.05, 4.69) is 0 Å². The second-order valence-electron chi connectivity index (χ2n) is 6.82. The molecule has 4 unspecified atom stereocenters. The van der Waals surface area contributed by atoms with E-state index in [1.54, 1.807) is 18.2 Å². The van der Waals surface area contributed by atoms with Crippen molar-refractivity contribution in [2.75, 3.05) is 6.79 Å². The van der Waals surface area contributed by atoms with Gasteiger partial charge in [-0.2, -0.15) is 0 Å². The topological polar surface area (TPSA) is 89.9 Å². The summed E-state index contributed by atoms with van der Waals surface area (Å²) in [7, 11) is 0. The van der Waals surface area contributed by atoms with Crippen LogP contribution in [0.5, 0.6) is 11.5 Å². The van der Waals surface area contributed by atoms with Gasteiger partial charge in [0.05, 0.1) is 17.4 Å². The average molecular weight is 332 g/mol. The summed E-state index contributed by atoms with van der Waals surface area (Å²) in [6, 6.07) is 5.10. The number of ether oxygens (including phenoxy) is 2. The van der Waals surface area contributed by atoms with Gasteiger partial charge >= 0.3 is 0 Å². The summed E-state index contributed by atoms with van der Waals surface area (Å²) in [6.45, 7) is 4.31. The van der Waals surface area contributed by atoms with Gasteiger partial charge in [0.1, 0.15) is 17.3 Å². The third kappa shape index (κ3) is 2.60. The number of rotatable bonds is 3. The van der Waals surface area contributed by atoms with Crippen LogP contribution in [0.3, 0.4) is 0 Å². The number of benzene rings is 1. The first-order chi connectivity index (χ1) is 11.2. The van der Waals surface area contributed by atoms with Crippen molar-refractivity contribution in [1.82, 2.24) is 0 Å². The van der Waals surface area contributed by atoms with E-state index in [-0.39, 0.29) is 30.6 Å². The Balaban J connectivity index is 2.14. The second kappa shape index (κ2) is 5.70. The minimum Gasteiger partial charge on any atom is -0.454 e. The molecular formula is C18H20O6. The molecule has 128 valence electrons. The van der Waals surface area contributed by atoms with Gasteiger partial charge in [-0.15, -0.1) is 0 Å². The lowest BCUT2D eigenvalue weighted by Gasteiger charge is -2.44. The number of hydrogen-bond acceptors (Lipinski definition) is 6. The Labute approximate surface area is 139 Å². The van der Waals surface area contributed by atoms with Gasteiger partial charge in [-0.1, -0.05) is 6.07 Å². The molecule has 24 heavy (non-hydrogen) atoms. The largest absolute Gasteiger partial charge is 0.454 e. The Hall–Kier alpha value is -2.21. The van der Waals surface area contributed by atoms with Crippen LogP contribution in [0.4, 0.5) is 0 Å². The van der Waals surface area contributed by atoms with E-state index < -0.39 is 23.4 Å². The fraction of sp³-hybridized carbons (Fsp3) is 0.500. The van der Waals surface area contributed by atoms with Gasteiger partial charge in [0, 0.05) is 12.3 Å². The highest BCUT2D eigenvalue weighted by Gasteiger charge is 2.53. The van der Waals surface area contributed by atoms with E-state index in [0.29, 0.717) is 17.1 Å². The maximum absolute atomic E-state index is 12.5. The highest BCUT2D eigenvalue weighted by molar-refractivity contribution is 6.05. The summed E-state index contributed by atoms with van der Waals surface area (Å²) in [6.07, 6.45) is -0.206. The fourth-order valence-corrected chi connectivity index (χ4v) is 4.03. The molecule has 1 fully saturated rings. The Bertz CT molecular complexity index is 720. The summed E-state index contributed by atoms with van der Waals surface area (Å²) in [5.41, 5.74) is -0.872. The molecule has 0 aromatic heterocycles. The summed E-state index contributed by atoms with van der Waals surface area (Å²) < 4.78 is 10.6. The van der Waals surface area contributed by atoms with Crippen molar-refractivity contribution in [3.63, 3.8) is 0 Å². The number of carbonyl (C=O) groups excluding carboxylic acids is 3. The van der Waals surface area contributed by atoms with E-state index in [4.69, 9.17) is 9.47 Å². The molecule has 0 bridgehead atoms. The lowest BCUT2D eigenvalue weighted by molar-refractivity contribution is -0.151. The summed E-state index contributed by atoms with van der Waals surface area (Å²) >= 11 is 0. The third-order valence-corrected chi connectivity index (χ3v) is 4.92. The van der Waals surface area contributed by atoms with Crippen LogP contribution in [0.25, 0.3) is 0 Å². The van der Waals surface area contributed by atoms with Crippen LogP contribution in [0.15, 0.2) is 18.2 Å². The molecule has 1 saturated carbocycles. The third-order valence-electron chi connectivity index (χ3n) is 4.92. The van der Waals surface area contributed by atoms with Crippen LogP contribution in [0, 0.1) is 11.8 Å². The zero-order valence-electron chi connectivity index (χ0n) is 13.9. The van der Waals surface area contributed by atoms with Crippen molar-refractivity contribution >= 4 is 17.3 Å². The second-order valence-corrected chi connectivity index (χ2v) is 6.82. The van der Waals surface area contributed by atoms with Crippen molar-refractivity contribution in [3.05, 3.63) is 23.8 Å². The smallest absolute Gasteiger partial charge is 0.231 e. The van der Waals surface area contributed by atoms with Crippen LogP contribution in [-0.2, 0) is 14.4 Å². The maximum atomic E-state index is 12.5. The number of ketones is 3. The quantitative estimate of drug-likeness (QED) is 0.846. The Kier molecular flexibility index (Phi) is 3.95. The van der Waals surface area contributed by atoms with Gasteiger partial charge in [-0.25, -0.2) is 0 Å². The molecule has 1 aromatic rings. The van der Waals surface area contributed by atoms with Gasteiger partial charge in [0.2, 0.25) is 6.79 Å². The zero-order chi connectivity index (χ0) is 17.6. The van der Waals surface area contributed by atoms with Gasteiger partial charge in [0.25, 0.3) is 0 Å². The van der Waals surface area contributed by atoms with Crippen molar-refractivity contribution < 1.29 is 29.0 Å². The molecular weight excluding hydrogens is 312 g/mol. The SMILES string of the molecule is CC(=O)C1C(=O)CC(C)(O)C(C(C)=O)C1c1ccc2c(c1)OCO2. The highest BCUT2D eigenvalue weighted by atomic mass is 16.7. The van der Waals surface area contributed by atoms with Gasteiger partial charge in [-0.3, -0.25) is 14.4 Å². The molecule has 6 nitrogen and oxygen atoms in total. The molecule has 1 aliphatic heterocycles. The molecule has 0 spiro atoms. The Morgan fingerprint density at radius 2 is 1.83 bits per heavy atom. The number of carbonyl (C=O) groups is 3. The van der Waals surface area contributed by atoms with Crippen LogP contribution in [0.1, 0.15) is 38.7 Å². The zero-order valence-corrected chi connectivity index (χ0v) is 13.9. The molecule has 6 heteroatoms. The predicted molar refractivity (Wildman–Crippen MR) is 83.9 cm³/mol. The average Bonchev–Trinajstić information content (AvgIpc) is 2.91. The molecule has 1 aliphatic carbocycles. The maximum Gasteiger partial charge on any atom is 0.231 e. The van der Waals surface area contributed by atoms with E-state index in [1.807, 2.05) is 0 Å². The van der Waals surface area contributed by atoms with Crippen molar-refractivity contribution in [2.45, 2.75) is 38.7 Å². The summed E-state index contributed by atoms with van der Waals surface area (Å²) in [5, 5.41) is 10.7. The molecule has 0 radical (unpaired) electrons. The van der Waals surface area contributed by atoms with Crippen molar-refractivity contribution in [2.24, 2.45) is 11.8 Å². The molecule has 2 aliphatic rings. The molecule has 3 rings (SSSR count). The summed E-state index contributed by atoms with van der Waals surface area (Å²) in [4.78, 5) is 36.9. The number of Topliss-reactive ketones (excluding diaryl/α,β-unsaturated/α-hetero) is 3. The Morgan fingerprint density at radius 3 is 2.46 bits per heavy atom. The number of fused-ring (bicyclic) bond motifs is 1. The standard InChI is InChI=1S/C18H20O6/c1-9(19)15-12(21)7-18(3,22)17(10(2)20)16(15)11-4-5-13-14(6-11)24-8-23-13/h4-6,15-17,22H,7-8H2,1-3H3. The fourth-order valence-electron chi connectivity index (χ4n) is 4.03. The first kappa shape index (κ1) is 16.6. The monoisotopic (exact) mass is 332 g/mol. The van der Waals surface area contributed by atoms with E-state index in [0.717, 1.165) is 0 Å². The van der Waals surface area contributed by atoms with E-state index >= 15 is 0 Å². The van der Waals surface area contributed by atoms with Crippen LogP contribution < -0.4 is 9.47 Å². The predicted octanol–water partition coefficient (Wildman–Crippen LogP) is 1.63. The lowest BCUT2D eigenvalue weighted by atomic mass is 9.60. The van der Waals surface area contributed by atoms with E-state index in [1.165, 1.54) is 20.8 Å². The van der Waals surface area contributed by atoms with E-state index in [9.17, 15) is 19.5 Å². The lowest BCUT2D eigenvalue weighted by Crippen LogP contribution is -2.53. The van der Waals surface area contributed by atoms with Gasteiger partial charge in [-0.05, 0) is 38.5 Å². The first-order valence-corrected chi connectivity index (χ1v) is 7.88. The number of aliphatic hydroxyl groups is 1. The molecule has 0 saturated heterocycles. The van der Waals surface area contributed by atoms with Crippen molar-refractivity contribution in [3.8, 4) is 11.5 Å². The molecule has 0 amide bonds. The van der Waals surface area contributed by atoms with Crippen LogP contribution >= 0.6 is 0 Å². The minimum absolute atomic E-state index is 0.104. The summed E-state index contributed by atoms with van der Waals surface area (Å²) in [5.74, 6) is -2.31.